The normalized spacial score (nSPS) is 10.6. The molecule has 166 valence electrons. The summed E-state index contributed by atoms with van der Waals surface area (Å²) in [6.45, 7) is 1.73. The Bertz CT molecular complexity index is 1300. The minimum atomic E-state index is -0.935. The molecule has 0 aliphatic carbocycles. The number of rotatable bonds is 7. The van der Waals surface area contributed by atoms with E-state index in [4.69, 9.17) is 21.4 Å². The molecule has 9 heteroatoms. The maximum absolute atomic E-state index is 12.7. The van der Waals surface area contributed by atoms with Crippen LogP contribution >= 0.6 is 11.6 Å². The number of carbonyl (C=O) groups excluding carboxylic acids is 1. The van der Waals surface area contributed by atoms with Crippen LogP contribution in [0.15, 0.2) is 72.8 Å². The highest BCUT2D eigenvalue weighted by Crippen LogP contribution is 2.31. The van der Waals surface area contributed by atoms with Crippen molar-refractivity contribution < 1.29 is 19.4 Å². The van der Waals surface area contributed by atoms with E-state index in [1.165, 1.54) is 4.80 Å². The molecule has 33 heavy (non-hydrogen) atoms. The SMILES string of the molecule is Cc1nn(-c2ccccc2)nc1C(=O)Nc1ccc(Oc2ccc(CC(=O)O)cc2Cl)cc1. The number of carbonyl (C=O) groups is 2. The van der Waals surface area contributed by atoms with Crippen LogP contribution in [0, 0.1) is 6.92 Å². The second-order valence-electron chi connectivity index (χ2n) is 7.17. The zero-order valence-electron chi connectivity index (χ0n) is 17.5. The Morgan fingerprint density at radius 1 is 1.03 bits per heavy atom. The largest absolute Gasteiger partial charge is 0.481 e. The van der Waals surface area contributed by atoms with Crippen molar-refractivity contribution >= 4 is 29.2 Å². The number of aryl methyl sites for hydroxylation is 1. The summed E-state index contributed by atoms with van der Waals surface area (Å²) in [5.74, 6) is -0.404. The van der Waals surface area contributed by atoms with Crippen molar-refractivity contribution in [1.82, 2.24) is 15.0 Å². The lowest BCUT2D eigenvalue weighted by Gasteiger charge is -2.10. The molecule has 8 nitrogen and oxygen atoms in total. The number of carboxylic acid groups (broad SMARTS) is 1. The van der Waals surface area contributed by atoms with E-state index < -0.39 is 5.97 Å². The Hall–Kier alpha value is -4.17. The van der Waals surface area contributed by atoms with E-state index in [0.717, 1.165) is 5.69 Å². The van der Waals surface area contributed by atoms with Crippen LogP contribution in [0.1, 0.15) is 21.7 Å². The molecule has 0 aliphatic rings. The van der Waals surface area contributed by atoms with Crippen LogP contribution in [0.25, 0.3) is 5.69 Å². The van der Waals surface area contributed by atoms with Crippen molar-refractivity contribution in [2.75, 3.05) is 5.32 Å². The van der Waals surface area contributed by atoms with Gasteiger partial charge < -0.3 is 15.2 Å². The number of ether oxygens (including phenoxy) is 1. The monoisotopic (exact) mass is 462 g/mol. The Morgan fingerprint density at radius 3 is 2.42 bits per heavy atom. The molecule has 0 saturated carbocycles. The van der Waals surface area contributed by atoms with Crippen molar-refractivity contribution in [2.24, 2.45) is 0 Å². The van der Waals surface area contributed by atoms with Gasteiger partial charge >= 0.3 is 5.97 Å². The number of benzene rings is 3. The summed E-state index contributed by atoms with van der Waals surface area (Å²) < 4.78 is 5.77. The second kappa shape index (κ2) is 9.54. The molecule has 0 saturated heterocycles. The lowest BCUT2D eigenvalue weighted by molar-refractivity contribution is -0.136. The molecule has 0 fully saturated rings. The maximum atomic E-state index is 12.7. The summed E-state index contributed by atoms with van der Waals surface area (Å²) in [6, 6.07) is 20.9. The van der Waals surface area contributed by atoms with Crippen LogP contribution in [0.4, 0.5) is 5.69 Å². The molecule has 0 aliphatic heterocycles. The fourth-order valence-corrected chi connectivity index (χ4v) is 3.34. The van der Waals surface area contributed by atoms with Gasteiger partial charge in [0.15, 0.2) is 5.69 Å². The van der Waals surface area contributed by atoms with Gasteiger partial charge in [-0.2, -0.15) is 9.90 Å². The first kappa shape index (κ1) is 22.0. The molecule has 2 N–H and O–H groups in total. The van der Waals surface area contributed by atoms with Crippen LogP contribution in [0.5, 0.6) is 11.5 Å². The first-order valence-electron chi connectivity index (χ1n) is 9.98. The number of aliphatic carboxylic acids is 1. The van der Waals surface area contributed by atoms with E-state index in [2.05, 4.69) is 15.5 Å². The number of amides is 1. The van der Waals surface area contributed by atoms with Crippen molar-refractivity contribution in [3.63, 3.8) is 0 Å². The second-order valence-corrected chi connectivity index (χ2v) is 7.58. The average Bonchev–Trinajstić information content (AvgIpc) is 3.19. The van der Waals surface area contributed by atoms with Gasteiger partial charge in [0, 0.05) is 5.69 Å². The number of hydrogen-bond acceptors (Lipinski definition) is 5. The Morgan fingerprint density at radius 2 is 1.76 bits per heavy atom. The number of hydrogen-bond donors (Lipinski definition) is 2. The Labute approximate surface area is 194 Å². The van der Waals surface area contributed by atoms with Gasteiger partial charge in [0.05, 0.1) is 22.8 Å². The highest BCUT2D eigenvalue weighted by Gasteiger charge is 2.17. The van der Waals surface area contributed by atoms with Gasteiger partial charge in [-0.15, -0.1) is 5.10 Å². The molecule has 0 spiro atoms. The number of anilines is 1. The highest BCUT2D eigenvalue weighted by molar-refractivity contribution is 6.32. The average molecular weight is 463 g/mol. The summed E-state index contributed by atoms with van der Waals surface area (Å²) in [6.07, 6.45) is -0.118. The topological polar surface area (TPSA) is 106 Å². The zero-order valence-corrected chi connectivity index (χ0v) is 18.3. The zero-order chi connectivity index (χ0) is 23.4. The lowest BCUT2D eigenvalue weighted by Crippen LogP contribution is -2.14. The van der Waals surface area contributed by atoms with Crippen LogP contribution in [0.2, 0.25) is 5.02 Å². The number of para-hydroxylation sites is 1. The number of carboxylic acids is 1. The summed E-state index contributed by atoms with van der Waals surface area (Å²) >= 11 is 6.20. The van der Waals surface area contributed by atoms with Gasteiger partial charge in [-0.1, -0.05) is 35.9 Å². The first-order valence-corrected chi connectivity index (χ1v) is 10.4. The lowest BCUT2D eigenvalue weighted by atomic mass is 10.1. The Kier molecular flexibility index (Phi) is 6.37. The van der Waals surface area contributed by atoms with Crippen LogP contribution in [-0.4, -0.2) is 32.0 Å². The number of halogens is 1. The van der Waals surface area contributed by atoms with E-state index in [1.54, 1.807) is 49.4 Å². The predicted molar refractivity (Wildman–Crippen MR) is 123 cm³/mol. The molecule has 1 aromatic heterocycles. The molecule has 0 unspecified atom stereocenters. The Balaban J connectivity index is 1.42. The van der Waals surface area contributed by atoms with Crippen molar-refractivity contribution in [2.45, 2.75) is 13.3 Å². The molecular formula is C24H19ClN4O4. The van der Waals surface area contributed by atoms with E-state index in [0.29, 0.717) is 33.5 Å². The van der Waals surface area contributed by atoms with Crippen LogP contribution < -0.4 is 10.1 Å². The minimum absolute atomic E-state index is 0.118. The van der Waals surface area contributed by atoms with E-state index in [1.807, 2.05) is 30.3 Å². The molecular weight excluding hydrogens is 444 g/mol. The fourth-order valence-electron chi connectivity index (χ4n) is 3.10. The predicted octanol–water partition coefficient (Wildman–Crippen LogP) is 4.90. The number of nitrogens with zero attached hydrogens (tertiary/aromatic N) is 3. The maximum Gasteiger partial charge on any atom is 0.307 e. The molecule has 0 bridgehead atoms. The van der Waals surface area contributed by atoms with Crippen molar-refractivity contribution in [3.8, 4) is 17.2 Å². The summed E-state index contributed by atoms with van der Waals surface area (Å²) in [5, 5.41) is 20.6. The first-order chi connectivity index (χ1) is 15.9. The number of aromatic nitrogens is 3. The fraction of sp³-hybridized carbons (Fsp3) is 0.0833. The third kappa shape index (κ3) is 5.36. The third-order valence-electron chi connectivity index (χ3n) is 4.68. The van der Waals surface area contributed by atoms with Gasteiger partial charge in [-0.25, -0.2) is 0 Å². The summed E-state index contributed by atoms with van der Waals surface area (Å²) in [4.78, 5) is 24.9. The number of nitrogens with one attached hydrogen (secondary N) is 1. The standard InChI is InChI=1S/C24H19ClN4O4/c1-15-23(28-29(27-15)18-5-3-2-4-6-18)24(32)26-17-8-10-19(11-9-17)33-21-12-7-16(13-20(21)25)14-22(30)31/h2-13H,14H2,1H3,(H,26,32)(H,30,31). The summed E-state index contributed by atoms with van der Waals surface area (Å²) in [7, 11) is 0. The third-order valence-corrected chi connectivity index (χ3v) is 4.97. The van der Waals surface area contributed by atoms with Gasteiger partial charge in [0.2, 0.25) is 0 Å². The molecule has 1 heterocycles. The smallest absolute Gasteiger partial charge is 0.307 e. The molecule has 0 radical (unpaired) electrons. The van der Waals surface area contributed by atoms with Gasteiger partial charge in [0.25, 0.3) is 5.91 Å². The minimum Gasteiger partial charge on any atom is -0.481 e. The molecule has 0 atom stereocenters. The van der Waals surface area contributed by atoms with E-state index in [-0.39, 0.29) is 18.0 Å². The van der Waals surface area contributed by atoms with E-state index in [9.17, 15) is 9.59 Å². The molecule has 4 rings (SSSR count). The quantitative estimate of drug-likeness (QED) is 0.404. The van der Waals surface area contributed by atoms with Crippen molar-refractivity contribution in [1.29, 1.82) is 0 Å². The van der Waals surface area contributed by atoms with Gasteiger partial charge in [-0.05, 0) is 61.0 Å². The molecule has 3 aromatic carbocycles. The molecule has 1 amide bonds. The molecule has 4 aromatic rings. The highest BCUT2D eigenvalue weighted by atomic mass is 35.5. The van der Waals surface area contributed by atoms with Crippen molar-refractivity contribution in [3.05, 3.63) is 94.8 Å². The van der Waals surface area contributed by atoms with Gasteiger partial charge in [-0.3, -0.25) is 9.59 Å². The summed E-state index contributed by atoms with van der Waals surface area (Å²) in [5.41, 5.74) is 2.64. The van der Waals surface area contributed by atoms with Crippen LogP contribution in [-0.2, 0) is 11.2 Å². The van der Waals surface area contributed by atoms with E-state index >= 15 is 0 Å². The van der Waals surface area contributed by atoms with Gasteiger partial charge in [0.1, 0.15) is 11.5 Å². The van der Waals surface area contributed by atoms with Crippen LogP contribution in [0.3, 0.4) is 0 Å².